The molecule has 0 unspecified atom stereocenters. The van der Waals surface area contributed by atoms with Gasteiger partial charge in [-0.15, -0.1) is 11.8 Å². The summed E-state index contributed by atoms with van der Waals surface area (Å²) < 4.78 is 1.78. The SMILES string of the molecule is O=c1nc(SCc2cccc([N+](=O)[O-])c2)c2c(n1Cc1ccncc1)CCCC2. The van der Waals surface area contributed by atoms with Crippen LogP contribution in [0, 0.1) is 10.1 Å². The van der Waals surface area contributed by atoms with Gasteiger partial charge in [-0.25, -0.2) is 4.79 Å². The molecule has 0 saturated heterocycles. The quantitative estimate of drug-likeness (QED) is 0.267. The number of benzene rings is 1. The molecule has 0 N–H and O–H groups in total. The number of non-ortho nitro benzene ring substituents is 1. The van der Waals surface area contributed by atoms with Gasteiger partial charge in [-0.3, -0.25) is 19.7 Å². The molecule has 1 aliphatic rings. The number of nitro benzene ring substituents is 1. The van der Waals surface area contributed by atoms with Crippen molar-refractivity contribution in [1.29, 1.82) is 0 Å². The molecule has 0 fully saturated rings. The molecule has 0 bridgehead atoms. The van der Waals surface area contributed by atoms with Crippen LogP contribution in [0.2, 0.25) is 0 Å². The number of fused-ring (bicyclic) bond motifs is 1. The van der Waals surface area contributed by atoms with Gasteiger partial charge in [-0.2, -0.15) is 4.98 Å². The Bertz CT molecular complexity index is 1100. The largest absolute Gasteiger partial charge is 0.349 e. The molecule has 4 rings (SSSR count). The fourth-order valence-corrected chi connectivity index (χ4v) is 4.63. The number of hydrogen-bond donors (Lipinski definition) is 0. The molecule has 148 valence electrons. The van der Waals surface area contributed by atoms with Crippen molar-refractivity contribution in [3.05, 3.63) is 91.8 Å². The van der Waals surface area contributed by atoms with Gasteiger partial charge < -0.3 is 0 Å². The van der Waals surface area contributed by atoms with Crippen LogP contribution in [0.1, 0.15) is 35.2 Å². The van der Waals surface area contributed by atoms with Crippen LogP contribution in [-0.4, -0.2) is 19.5 Å². The number of rotatable bonds is 6. The lowest BCUT2D eigenvalue weighted by Gasteiger charge is -2.22. The first-order chi connectivity index (χ1) is 14.1. The highest BCUT2D eigenvalue weighted by molar-refractivity contribution is 7.98. The fraction of sp³-hybridized carbons (Fsp3) is 0.286. The summed E-state index contributed by atoms with van der Waals surface area (Å²) in [5.74, 6) is 0.537. The third-order valence-electron chi connectivity index (χ3n) is 5.04. The lowest BCUT2D eigenvalue weighted by Crippen LogP contribution is -2.30. The van der Waals surface area contributed by atoms with Crippen LogP contribution in [-0.2, 0) is 25.1 Å². The summed E-state index contributed by atoms with van der Waals surface area (Å²) in [4.78, 5) is 31.8. The zero-order chi connectivity index (χ0) is 20.2. The number of pyridine rings is 1. The zero-order valence-electron chi connectivity index (χ0n) is 15.8. The van der Waals surface area contributed by atoms with Crippen LogP contribution in [0.5, 0.6) is 0 Å². The average molecular weight is 408 g/mol. The maximum absolute atomic E-state index is 12.8. The van der Waals surface area contributed by atoms with Crippen molar-refractivity contribution in [3.8, 4) is 0 Å². The van der Waals surface area contributed by atoms with E-state index in [-0.39, 0.29) is 11.4 Å². The summed E-state index contributed by atoms with van der Waals surface area (Å²) in [6.45, 7) is 0.493. The molecular weight excluding hydrogens is 388 g/mol. The predicted molar refractivity (Wildman–Crippen MR) is 111 cm³/mol. The lowest BCUT2D eigenvalue weighted by molar-refractivity contribution is -0.384. The average Bonchev–Trinajstić information content (AvgIpc) is 2.75. The van der Waals surface area contributed by atoms with Gasteiger partial charge in [-0.05, 0) is 48.9 Å². The molecule has 0 aliphatic heterocycles. The Kier molecular flexibility index (Phi) is 5.71. The molecule has 0 amide bonds. The normalized spacial score (nSPS) is 13.1. The van der Waals surface area contributed by atoms with Crippen molar-refractivity contribution in [2.45, 2.75) is 43.0 Å². The summed E-state index contributed by atoms with van der Waals surface area (Å²) in [5.41, 5.74) is 3.90. The van der Waals surface area contributed by atoms with E-state index in [2.05, 4.69) is 9.97 Å². The maximum atomic E-state index is 12.8. The Hall–Kier alpha value is -3.00. The summed E-state index contributed by atoms with van der Waals surface area (Å²) in [6, 6.07) is 10.4. The van der Waals surface area contributed by atoms with E-state index in [1.165, 1.54) is 17.8 Å². The van der Waals surface area contributed by atoms with Gasteiger partial charge in [0.1, 0.15) is 5.03 Å². The molecule has 0 spiro atoms. The molecule has 7 nitrogen and oxygen atoms in total. The maximum Gasteiger partial charge on any atom is 0.349 e. The summed E-state index contributed by atoms with van der Waals surface area (Å²) >= 11 is 1.48. The molecule has 8 heteroatoms. The molecular formula is C21H20N4O3S. The Morgan fingerprint density at radius 1 is 1.10 bits per heavy atom. The molecule has 0 saturated carbocycles. The molecule has 29 heavy (non-hydrogen) atoms. The molecule has 2 aromatic heterocycles. The van der Waals surface area contributed by atoms with Crippen molar-refractivity contribution in [2.24, 2.45) is 0 Å². The van der Waals surface area contributed by atoms with E-state index >= 15 is 0 Å². The van der Waals surface area contributed by atoms with Crippen molar-refractivity contribution < 1.29 is 4.92 Å². The summed E-state index contributed by atoms with van der Waals surface area (Å²) in [5, 5.41) is 11.7. The van der Waals surface area contributed by atoms with Gasteiger partial charge in [0.05, 0.1) is 11.5 Å². The topological polar surface area (TPSA) is 90.9 Å². The van der Waals surface area contributed by atoms with Crippen LogP contribution < -0.4 is 5.69 Å². The smallest absolute Gasteiger partial charge is 0.292 e. The standard InChI is InChI=1S/C21H20N4O3S/c26-21-23-20(29-14-16-4-3-5-17(12-16)25(27)28)18-6-1-2-7-19(18)24(21)13-15-8-10-22-11-9-15/h3-5,8-12H,1-2,6-7,13-14H2. The Balaban J connectivity index is 1.63. The summed E-state index contributed by atoms with van der Waals surface area (Å²) in [6.07, 6.45) is 7.35. The van der Waals surface area contributed by atoms with E-state index in [1.54, 1.807) is 29.1 Å². The second kappa shape index (κ2) is 8.57. The minimum Gasteiger partial charge on any atom is -0.292 e. The van der Waals surface area contributed by atoms with E-state index in [1.807, 2.05) is 18.2 Å². The van der Waals surface area contributed by atoms with E-state index < -0.39 is 4.92 Å². The van der Waals surface area contributed by atoms with Crippen LogP contribution in [0.25, 0.3) is 0 Å². The van der Waals surface area contributed by atoms with Gasteiger partial charge in [0, 0.05) is 41.5 Å². The van der Waals surface area contributed by atoms with Gasteiger partial charge in [0.15, 0.2) is 0 Å². The fourth-order valence-electron chi connectivity index (χ4n) is 3.61. The van der Waals surface area contributed by atoms with Crippen LogP contribution in [0.4, 0.5) is 5.69 Å². The van der Waals surface area contributed by atoms with E-state index in [4.69, 9.17) is 0 Å². The highest BCUT2D eigenvalue weighted by atomic mass is 32.2. The Labute approximate surface area is 172 Å². The highest BCUT2D eigenvalue weighted by Crippen LogP contribution is 2.31. The van der Waals surface area contributed by atoms with Gasteiger partial charge in [0.2, 0.25) is 0 Å². The van der Waals surface area contributed by atoms with E-state index in [0.29, 0.717) is 12.3 Å². The number of nitro groups is 1. The third kappa shape index (κ3) is 4.37. The number of thioether (sulfide) groups is 1. The first kappa shape index (κ1) is 19.3. The van der Waals surface area contributed by atoms with Crippen molar-refractivity contribution in [2.75, 3.05) is 0 Å². The van der Waals surface area contributed by atoms with Crippen molar-refractivity contribution >= 4 is 17.4 Å². The van der Waals surface area contributed by atoms with Gasteiger partial charge in [0.25, 0.3) is 5.69 Å². The van der Waals surface area contributed by atoms with Crippen LogP contribution in [0.15, 0.2) is 58.6 Å². The Morgan fingerprint density at radius 2 is 1.90 bits per heavy atom. The monoisotopic (exact) mass is 408 g/mol. The number of aromatic nitrogens is 3. The number of hydrogen-bond acceptors (Lipinski definition) is 6. The second-order valence-electron chi connectivity index (χ2n) is 6.99. The molecule has 2 heterocycles. The lowest BCUT2D eigenvalue weighted by atomic mass is 9.97. The molecule has 3 aromatic rings. The van der Waals surface area contributed by atoms with E-state index in [0.717, 1.165) is 53.1 Å². The van der Waals surface area contributed by atoms with Crippen molar-refractivity contribution in [3.63, 3.8) is 0 Å². The minimum absolute atomic E-state index is 0.0749. The van der Waals surface area contributed by atoms with Crippen LogP contribution in [0.3, 0.4) is 0 Å². The molecule has 0 radical (unpaired) electrons. The van der Waals surface area contributed by atoms with Gasteiger partial charge in [-0.1, -0.05) is 12.1 Å². The highest BCUT2D eigenvalue weighted by Gasteiger charge is 2.21. The first-order valence-corrected chi connectivity index (χ1v) is 10.5. The van der Waals surface area contributed by atoms with E-state index in [9.17, 15) is 14.9 Å². The summed E-state index contributed by atoms with van der Waals surface area (Å²) in [7, 11) is 0. The predicted octanol–water partition coefficient (Wildman–Crippen LogP) is 3.77. The Morgan fingerprint density at radius 3 is 2.69 bits per heavy atom. The minimum atomic E-state index is -0.394. The first-order valence-electron chi connectivity index (χ1n) is 9.49. The molecule has 1 aliphatic carbocycles. The van der Waals surface area contributed by atoms with Crippen LogP contribution >= 0.6 is 11.8 Å². The van der Waals surface area contributed by atoms with Crippen molar-refractivity contribution in [1.82, 2.24) is 14.5 Å². The molecule has 1 aromatic carbocycles. The second-order valence-corrected chi connectivity index (χ2v) is 7.95. The number of nitrogens with zero attached hydrogens (tertiary/aromatic N) is 4. The molecule has 0 atom stereocenters. The van der Waals surface area contributed by atoms with Gasteiger partial charge >= 0.3 is 5.69 Å². The zero-order valence-corrected chi connectivity index (χ0v) is 16.6. The third-order valence-corrected chi connectivity index (χ3v) is 6.13.